The molecule has 1 heterocycles. The minimum atomic E-state index is 0.835. The molecule has 1 aromatic heterocycles. The lowest BCUT2D eigenvalue weighted by Crippen LogP contribution is -1.81. The van der Waals surface area contributed by atoms with E-state index in [1.54, 1.807) is 7.11 Å². The second-order valence-electron chi connectivity index (χ2n) is 5.41. The third-order valence-corrected chi connectivity index (χ3v) is 4.03. The minimum absolute atomic E-state index is 0.835. The van der Waals surface area contributed by atoms with Crippen molar-refractivity contribution in [3.8, 4) is 5.75 Å². The van der Waals surface area contributed by atoms with Crippen LogP contribution < -0.4 is 4.74 Å². The molecule has 23 heavy (non-hydrogen) atoms. The molecule has 0 aliphatic carbocycles. The van der Waals surface area contributed by atoms with Crippen molar-refractivity contribution in [1.82, 2.24) is 4.98 Å². The summed E-state index contributed by atoms with van der Waals surface area (Å²) in [4.78, 5) is 7.90. The van der Waals surface area contributed by atoms with Gasteiger partial charge < -0.3 is 9.72 Å². The predicted octanol–water partition coefficient (Wildman–Crippen LogP) is 5.08. The maximum Gasteiger partial charge on any atom is 0.119 e. The SMILES string of the molecule is COc1ccc(N=Cc2c[nH]c3ccc4ccccc4c23)cc1. The van der Waals surface area contributed by atoms with Gasteiger partial charge in [0.05, 0.1) is 12.8 Å². The number of H-pyrrole nitrogens is 1. The maximum atomic E-state index is 5.17. The Balaban J connectivity index is 1.79. The van der Waals surface area contributed by atoms with E-state index in [-0.39, 0.29) is 0 Å². The van der Waals surface area contributed by atoms with E-state index in [1.807, 2.05) is 36.7 Å². The topological polar surface area (TPSA) is 37.4 Å². The van der Waals surface area contributed by atoms with Crippen molar-refractivity contribution in [3.63, 3.8) is 0 Å². The molecule has 1 N–H and O–H groups in total. The maximum absolute atomic E-state index is 5.17. The number of aliphatic imine (C=N–C) groups is 1. The fraction of sp³-hybridized carbons (Fsp3) is 0.0500. The van der Waals surface area contributed by atoms with Gasteiger partial charge in [-0.2, -0.15) is 0 Å². The molecule has 0 saturated heterocycles. The van der Waals surface area contributed by atoms with E-state index in [1.165, 1.54) is 16.2 Å². The highest BCUT2D eigenvalue weighted by molar-refractivity contribution is 6.14. The van der Waals surface area contributed by atoms with Crippen molar-refractivity contribution >= 4 is 33.6 Å². The van der Waals surface area contributed by atoms with Crippen molar-refractivity contribution in [2.45, 2.75) is 0 Å². The Morgan fingerprint density at radius 3 is 2.61 bits per heavy atom. The van der Waals surface area contributed by atoms with E-state index in [0.717, 1.165) is 22.5 Å². The molecule has 3 heteroatoms. The minimum Gasteiger partial charge on any atom is -0.497 e. The fourth-order valence-corrected chi connectivity index (χ4v) is 2.84. The van der Waals surface area contributed by atoms with Crippen molar-refractivity contribution in [1.29, 1.82) is 0 Å². The molecule has 4 rings (SSSR count). The molecule has 0 aliphatic rings. The first-order valence-corrected chi connectivity index (χ1v) is 7.52. The molecule has 0 bridgehead atoms. The first kappa shape index (κ1) is 13.6. The summed E-state index contributed by atoms with van der Waals surface area (Å²) in [5.41, 5.74) is 3.12. The zero-order valence-electron chi connectivity index (χ0n) is 12.8. The van der Waals surface area contributed by atoms with Crippen molar-refractivity contribution in [3.05, 3.63) is 72.4 Å². The van der Waals surface area contributed by atoms with E-state index < -0.39 is 0 Å². The molecule has 3 aromatic carbocycles. The molecule has 0 amide bonds. The lowest BCUT2D eigenvalue weighted by atomic mass is 10.0. The summed E-state index contributed by atoms with van der Waals surface area (Å²) in [5.74, 6) is 0.835. The first-order chi connectivity index (χ1) is 11.3. The van der Waals surface area contributed by atoms with Gasteiger partial charge in [0.2, 0.25) is 0 Å². The molecule has 3 nitrogen and oxygen atoms in total. The van der Waals surface area contributed by atoms with Crippen molar-refractivity contribution in [2.24, 2.45) is 4.99 Å². The lowest BCUT2D eigenvalue weighted by molar-refractivity contribution is 0.415. The van der Waals surface area contributed by atoms with Crippen LogP contribution in [0.25, 0.3) is 21.7 Å². The van der Waals surface area contributed by atoms with Crippen LogP contribution in [0, 0.1) is 0 Å². The van der Waals surface area contributed by atoms with Crippen LogP contribution in [0.15, 0.2) is 71.9 Å². The summed E-state index contributed by atoms with van der Waals surface area (Å²) in [7, 11) is 1.66. The van der Waals surface area contributed by atoms with Gasteiger partial charge in [-0.1, -0.05) is 30.3 Å². The predicted molar refractivity (Wildman–Crippen MR) is 96.1 cm³/mol. The number of aromatic nitrogens is 1. The summed E-state index contributed by atoms with van der Waals surface area (Å²) in [6, 6.07) is 20.4. The van der Waals surface area contributed by atoms with Crippen LogP contribution in [0.1, 0.15) is 5.56 Å². The highest BCUT2D eigenvalue weighted by atomic mass is 16.5. The van der Waals surface area contributed by atoms with Gasteiger partial charge in [-0.25, -0.2) is 0 Å². The van der Waals surface area contributed by atoms with Crippen molar-refractivity contribution < 1.29 is 4.74 Å². The van der Waals surface area contributed by atoms with Gasteiger partial charge in [-0.15, -0.1) is 0 Å². The number of ether oxygens (including phenoxy) is 1. The molecule has 0 aliphatic heterocycles. The number of fused-ring (bicyclic) bond motifs is 3. The van der Waals surface area contributed by atoms with Gasteiger partial charge >= 0.3 is 0 Å². The molecule has 0 unspecified atom stereocenters. The molecule has 0 fully saturated rings. The molecular weight excluding hydrogens is 284 g/mol. The number of hydrogen-bond donors (Lipinski definition) is 1. The quantitative estimate of drug-likeness (QED) is 0.526. The zero-order chi connectivity index (χ0) is 15.6. The number of aromatic amines is 1. The molecule has 0 radical (unpaired) electrons. The Kier molecular flexibility index (Phi) is 3.31. The highest BCUT2D eigenvalue weighted by Gasteiger charge is 2.06. The second-order valence-corrected chi connectivity index (χ2v) is 5.41. The van der Waals surface area contributed by atoms with Gasteiger partial charge in [-0.05, 0) is 41.1 Å². The van der Waals surface area contributed by atoms with Gasteiger partial charge in [0.1, 0.15) is 5.75 Å². The van der Waals surface area contributed by atoms with Gasteiger partial charge in [0.15, 0.2) is 0 Å². The zero-order valence-corrected chi connectivity index (χ0v) is 12.8. The van der Waals surface area contributed by atoms with Crippen LogP contribution in [0.5, 0.6) is 5.75 Å². The van der Waals surface area contributed by atoms with E-state index in [2.05, 4.69) is 46.4 Å². The average Bonchev–Trinajstić information content (AvgIpc) is 3.04. The van der Waals surface area contributed by atoms with Crippen LogP contribution >= 0.6 is 0 Å². The van der Waals surface area contributed by atoms with Crippen LogP contribution in [-0.4, -0.2) is 18.3 Å². The normalized spacial score (nSPS) is 11.5. The van der Waals surface area contributed by atoms with Gasteiger partial charge in [0.25, 0.3) is 0 Å². The first-order valence-electron chi connectivity index (χ1n) is 7.52. The Labute approximate surface area is 134 Å². The van der Waals surface area contributed by atoms with E-state index in [4.69, 9.17) is 4.74 Å². The Morgan fingerprint density at radius 1 is 0.957 bits per heavy atom. The van der Waals surface area contributed by atoms with Crippen molar-refractivity contribution in [2.75, 3.05) is 7.11 Å². The number of hydrogen-bond acceptors (Lipinski definition) is 2. The third kappa shape index (κ3) is 2.46. The molecule has 4 aromatic rings. The Bertz CT molecular complexity index is 997. The second kappa shape index (κ2) is 5.61. The number of benzene rings is 3. The molecule has 0 spiro atoms. The molecule has 0 atom stereocenters. The van der Waals surface area contributed by atoms with Crippen LogP contribution in [-0.2, 0) is 0 Å². The Hall–Kier alpha value is -3.07. The fourth-order valence-electron chi connectivity index (χ4n) is 2.84. The van der Waals surface area contributed by atoms with Gasteiger partial charge in [-0.3, -0.25) is 4.99 Å². The number of nitrogens with one attached hydrogen (secondary N) is 1. The number of rotatable bonds is 3. The summed E-state index contributed by atoms with van der Waals surface area (Å²) < 4.78 is 5.17. The summed E-state index contributed by atoms with van der Waals surface area (Å²) in [6.07, 6.45) is 3.91. The van der Waals surface area contributed by atoms with Gasteiger partial charge in [0, 0.05) is 28.9 Å². The number of nitrogens with zero attached hydrogens (tertiary/aromatic N) is 1. The summed E-state index contributed by atoms with van der Waals surface area (Å²) in [5, 5.41) is 3.68. The average molecular weight is 300 g/mol. The molecular formula is C20H16N2O. The van der Waals surface area contributed by atoms with E-state index >= 15 is 0 Å². The van der Waals surface area contributed by atoms with Crippen LogP contribution in [0.3, 0.4) is 0 Å². The third-order valence-electron chi connectivity index (χ3n) is 4.03. The smallest absolute Gasteiger partial charge is 0.119 e. The van der Waals surface area contributed by atoms with E-state index in [0.29, 0.717) is 0 Å². The summed E-state index contributed by atoms with van der Waals surface area (Å²) in [6.45, 7) is 0. The van der Waals surface area contributed by atoms with Crippen LogP contribution in [0.2, 0.25) is 0 Å². The van der Waals surface area contributed by atoms with Crippen LogP contribution in [0.4, 0.5) is 5.69 Å². The monoisotopic (exact) mass is 300 g/mol. The summed E-state index contributed by atoms with van der Waals surface area (Å²) >= 11 is 0. The largest absolute Gasteiger partial charge is 0.497 e. The Morgan fingerprint density at radius 2 is 1.78 bits per heavy atom. The standard InChI is InChI=1S/C20H16N2O/c1-23-17-9-7-16(8-10-17)21-12-15-13-22-19-11-6-14-4-2-3-5-18(14)20(15)19/h2-13,22H,1H3. The number of methoxy groups -OCH3 is 1. The molecule has 0 saturated carbocycles. The van der Waals surface area contributed by atoms with E-state index in [9.17, 15) is 0 Å². The highest BCUT2D eigenvalue weighted by Crippen LogP contribution is 2.27. The lowest BCUT2D eigenvalue weighted by Gasteiger charge is -2.01. The molecule has 112 valence electrons.